The zero-order valence-corrected chi connectivity index (χ0v) is 9.00. The maximum atomic E-state index is 7.37. The quantitative estimate of drug-likeness (QED) is 0.371. The molecule has 4 heteroatoms. The minimum atomic E-state index is -0.0829. The number of nitrogens with two attached hydrogens (primary N) is 2. The van der Waals surface area contributed by atoms with Crippen molar-refractivity contribution in [3.63, 3.8) is 0 Å². The highest BCUT2D eigenvalue weighted by Gasteiger charge is 2.55. The number of guanidine groups is 1. The third-order valence-electron chi connectivity index (χ3n) is 4.68. The zero-order valence-electron chi connectivity index (χ0n) is 9.00. The molecule has 3 unspecified atom stereocenters. The zero-order chi connectivity index (χ0) is 10.6. The molecule has 0 aromatic carbocycles. The van der Waals surface area contributed by atoms with Gasteiger partial charge in [0.05, 0.1) is 0 Å². The Bertz CT molecular complexity index is 287. The lowest BCUT2D eigenvalue weighted by molar-refractivity contribution is -0.0261. The van der Waals surface area contributed by atoms with E-state index in [-0.39, 0.29) is 17.5 Å². The van der Waals surface area contributed by atoms with Gasteiger partial charge in [-0.2, -0.15) is 0 Å². The normalized spacial score (nSPS) is 51.8. The Morgan fingerprint density at radius 2 is 1.80 bits per heavy atom. The predicted molar refractivity (Wildman–Crippen MR) is 59.3 cm³/mol. The Balaban J connectivity index is 1.86. The predicted octanol–water partition coefficient (Wildman–Crippen LogP) is 0.375. The van der Waals surface area contributed by atoms with Crippen LogP contribution in [0.5, 0.6) is 0 Å². The van der Waals surface area contributed by atoms with Crippen LogP contribution in [0.3, 0.4) is 0 Å². The topological polar surface area (TPSA) is 87.9 Å². The van der Waals surface area contributed by atoms with E-state index in [1.807, 2.05) is 0 Å². The highest BCUT2D eigenvalue weighted by Crippen LogP contribution is 2.54. The lowest BCUT2D eigenvalue weighted by Gasteiger charge is -2.59. The first-order chi connectivity index (χ1) is 7.07. The van der Waals surface area contributed by atoms with Crippen molar-refractivity contribution in [3.05, 3.63) is 0 Å². The summed E-state index contributed by atoms with van der Waals surface area (Å²) < 4.78 is 0. The second-order valence-electron chi connectivity index (χ2n) is 5.88. The molecule has 0 radical (unpaired) electrons. The highest BCUT2D eigenvalue weighted by molar-refractivity contribution is 5.74. The molecule has 84 valence electrons. The highest BCUT2D eigenvalue weighted by atomic mass is 15.1. The summed E-state index contributed by atoms with van der Waals surface area (Å²) in [6, 6.07) is 0.253. The largest absolute Gasteiger partial charge is 0.370 e. The SMILES string of the molecule is N=C(N)NC1C2CC3CC(C2)CC1(N)C3. The van der Waals surface area contributed by atoms with Crippen molar-refractivity contribution in [1.29, 1.82) is 5.41 Å². The lowest BCUT2D eigenvalue weighted by atomic mass is 9.51. The fourth-order valence-corrected chi connectivity index (χ4v) is 4.53. The molecule has 4 aliphatic carbocycles. The molecule has 0 aromatic heterocycles. The van der Waals surface area contributed by atoms with Gasteiger partial charge in [-0.15, -0.1) is 0 Å². The third-order valence-corrected chi connectivity index (χ3v) is 4.68. The molecule has 4 aliphatic rings. The third kappa shape index (κ3) is 1.34. The number of rotatable bonds is 1. The van der Waals surface area contributed by atoms with E-state index < -0.39 is 0 Å². The maximum absolute atomic E-state index is 7.37. The van der Waals surface area contributed by atoms with Gasteiger partial charge in [0.1, 0.15) is 0 Å². The molecule has 0 amide bonds. The average Bonchev–Trinajstić information content (AvgIpc) is 2.09. The molecule has 4 nitrogen and oxygen atoms in total. The van der Waals surface area contributed by atoms with E-state index in [1.165, 1.54) is 19.3 Å². The van der Waals surface area contributed by atoms with Gasteiger partial charge in [-0.05, 0) is 49.9 Å². The summed E-state index contributed by atoms with van der Waals surface area (Å²) in [7, 11) is 0. The van der Waals surface area contributed by atoms with Crippen LogP contribution in [0.4, 0.5) is 0 Å². The van der Waals surface area contributed by atoms with Gasteiger partial charge in [-0.25, -0.2) is 0 Å². The van der Waals surface area contributed by atoms with E-state index in [9.17, 15) is 0 Å². The second-order valence-corrected chi connectivity index (χ2v) is 5.88. The molecule has 0 spiro atoms. The first-order valence-corrected chi connectivity index (χ1v) is 5.96. The first-order valence-electron chi connectivity index (χ1n) is 5.96. The van der Waals surface area contributed by atoms with Crippen LogP contribution in [0.1, 0.15) is 32.1 Å². The molecule has 0 aliphatic heterocycles. The summed E-state index contributed by atoms with van der Waals surface area (Å²) in [6.45, 7) is 0. The fraction of sp³-hybridized carbons (Fsp3) is 0.909. The van der Waals surface area contributed by atoms with Crippen molar-refractivity contribution < 1.29 is 0 Å². The van der Waals surface area contributed by atoms with E-state index in [0.717, 1.165) is 24.7 Å². The second kappa shape index (κ2) is 2.88. The van der Waals surface area contributed by atoms with Gasteiger partial charge in [0, 0.05) is 11.6 Å². The van der Waals surface area contributed by atoms with Crippen molar-refractivity contribution in [2.45, 2.75) is 43.7 Å². The molecule has 6 N–H and O–H groups in total. The van der Waals surface area contributed by atoms with Crippen LogP contribution in [0.25, 0.3) is 0 Å². The number of hydrogen-bond acceptors (Lipinski definition) is 2. The van der Waals surface area contributed by atoms with Gasteiger partial charge in [0.15, 0.2) is 5.96 Å². The Hall–Kier alpha value is -0.770. The molecule has 4 rings (SSSR count). The molecule has 0 aromatic rings. The molecule has 4 fully saturated rings. The van der Waals surface area contributed by atoms with Crippen LogP contribution in [0, 0.1) is 23.2 Å². The summed E-state index contributed by atoms with van der Waals surface area (Å²) in [5.41, 5.74) is 11.9. The van der Waals surface area contributed by atoms with Crippen LogP contribution in [-0.2, 0) is 0 Å². The number of nitrogens with one attached hydrogen (secondary N) is 2. The lowest BCUT2D eigenvalue weighted by Crippen LogP contribution is -2.70. The van der Waals surface area contributed by atoms with Gasteiger partial charge in [0.25, 0.3) is 0 Å². The Labute approximate surface area is 90.3 Å². The summed E-state index contributed by atoms with van der Waals surface area (Å²) >= 11 is 0. The molecule has 3 atom stereocenters. The van der Waals surface area contributed by atoms with E-state index in [0.29, 0.717) is 5.92 Å². The molecule has 4 saturated carbocycles. The van der Waals surface area contributed by atoms with E-state index in [2.05, 4.69) is 5.32 Å². The van der Waals surface area contributed by atoms with Gasteiger partial charge < -0.3 is 16.8 Å². The van der Waals surface area contributed by atoms with E-state index >= 15 is 0 Å². The first kappa shape index (κ1) is 9.46. The summed E-state index contributed by atoms with van der Waals surface area (Å²) in [4.78, 5) is 0. The van der Waals surface area contributed by atoms with Crippen molar-refractivity contribution in [2.75, 3.05) is 0 Å². The monoisotopic (exact) mass is 208 g/mol. The van der Waals surface area contributed by atoms with Crippen LogP contribution in [0.15, 0.2) is 0 Å². The van der Waals surface area contributed by atoms with Crippen LogP contribution < -0.4 is 16.8 Å². The fourth-order valence-electron chi connectivity index (χ4n) is 4.53. The Morgan fingerprint density at radius 3 is 2.27 bits per heavy atom. The average molecular weight is 208 g/mol. The molecule has 4 bridgehead atoms. The molecular formula is C11H20N4. The van der Waals surface area contributed by atoms with Gasteiger partial charge in [0.2, 0.25) is 0 Å². The minimum absolute atomic E-state index is 0.0808. The Morgan fingerprint density at radius 1 is 1.20 bits per heavy atom. The smallest absolute Gasteiger partial charge is 0.185 e. The summed E-state index contributed by atoms with van der Waals surface area (Å²) in [5, 5.41) is 10.5. The van der Waals surface area contributed by atoms with Crippen LogP contribution in [-0.4, -0.2) is 17.5 Å². The van der Waals surface area contributed by atoms with Gasteiger partial charge in [-0.3, -0.25) is 5.41 Å². The molecular weight excluding hydrogens is 188 g/mol. The van der Waals surface area contributed by atoms with E-state index in [4.69, 9.17) is 16.9 Å². The summed E-state index contributed by atoms with van der Waals surface area (Å²) in [6.07, 6.45) is 6.24. The van der Waals surface area contributed by atoms with Crippen molar-refractivity contribution in [1.82, 2.24) is 5.32 Å². The minimum Gasteiger partial charge on any atom is -0.370 e. The Kier molecular flexibility index (Phi) is 1.81. The van der Waals surface area contributed by atoms with Crippen molar-refractivity contribution >= 4 is 5.96 Å². The molecule has 0 saturated heterocycles. The molecule has 0 heterocycles. The molecule has 15 heavy (non-hydrogen) atoms. The standard InChI is InChI=1S/C11H20N4/c12-10(13)15-9-8-2-6-1-7(3-8)5-11(9,14)4-6/h6-9H,1-5,14H2,(H4,12,13,15). The van der Waals surface area contributed by atoms with Crippen LogP contribution in [0.2, 0.25) is 0 Å². The maximum Gasteiger partial charge on any atom is 0.185 e. The number of hydrogen-bond donors (Lipinski definition) is 4. The van der Waals surface area contributed by atoms with Crippen LogP contribution >= 0.6 is 0 Å². The van der Waals surface area contributed by atoms with E-state index in [1.54, 1.807) is 0 Å². The van der Waals surface area contributed by atoms with Crippen molar-refractivity contribution in [2.24, 2.45) is 29.2 Å². The summed E-state index contributed by atoms with van der Waals surface area (Å²) in [5.74, 6) is 2.43. The van der Waals surface area contributed by atoms with Gasteiger partial charge in [-0.1, -0.05) is 0 Å². The van der Waals surface area contributed by atoms with Crippen molar-refractivity contribution in [3.8, 4) is 0 Å². The van der Waals surface area contributed by atoms with Gasteiger partial charge >= 0.3 is 0 Å².